The van der Waals surface area contributed by atoms with Crippen LogP contribution in [-0.4, -0.2) is 46.3 Å². The molecule has 2 fully saturated rings. The van der Waals surface area contributed by atoms with Crippen molar-refractivity contribution in [3.8, 4) is 0 Å². The number of benzene rings is 1. The van der Waals surface area contributed by atoms with E-state index in [-0.39, 0.29) is 36.3 Å². The topological polar surface area (TPSA) is 69.7 Å². The van der Waals surface area contributed by atoms with E-state index in [1.165, 1.54) is 4.90 Å². The molecule has 0 aromatic heterocycles. The van der Waals surface area contributed by atoms with Crippen LogP contribution in [0.4, 0.5) is 4.79 Å². The molecule has 0 bridgehead atoms. The predicted octanol–water partition coefficient (Wildman–Crippen LogP) is 2.14. The van der Waals surface area contributed by atoms with Gasteiger partial charge in [0.05, 0.1) is 12.6 Å². The summed E-state index contributed by atoms with van der Waals surface area (Å²) >= 11 is 0. The van der Waals surface area contributed by atoms with Crippen LogP contribution in [0.3, 0.4) is 0 Å². The molecule has 134 valence electrons. The van der Waals surface area contributed by atoms with Crippen LogP contribution in [0.1, 0.15) is 38.7 Å². The summed E-state index contributed by atoms with van der Waals surface area (Å²) < 4.78 is 0. The number of nitrogens with one attached hydrogen (secondary N) is 1. The summed E-state index contributed by atoms with van der Waals surface area (Å²) in [6.07, 6.45) is 2.15. The van der Waals surface area contributed by atoms with Crippen molar-refractivity contribution in [1.82, 2.24) is 15.1 Å². The largest absolute Gasteiger partial charge is 0.332 e. The van der Waals surface area contributed by atoms with Crippen LogP contribution in [0.2, 0.25) is 0 Å². The number of nitrogens with zero attached hydrogens (tertiary/aromatic N) is 2. The Morgan fingerprint density at radius 2 is 1.88 bits per heavy atom. The lowest BCUT2D eigenvalue weighted by atomic mass is 9.99. The average Bonchev–Trinajstić information content (AvgIpc) is 3.04. The van der Waals surface area contributed by atoms with Crippen LogP contribution in [0.5, 0.6) is 0 Å². The number of carbonyl (C=O) groups is 3. The van der Waals surface area contributed by atoms with Gasteiger partial charge < -0.3 is 10.2 Å². The molecule has 4 amide bonds. The number of carbonyl (C=O) groups excluding carboxylic acids is 3. The van der Waals surface area contributed by atoms with Gasteiger partial charge in [0.25, 0.3) is 5.91 Å². The van der Waals surface area contributed by atoms with Gasteiger partial charge in [-0.1, -0.05) is 44.2 Å². The second-order valence-corrected chi connectivity index (χ2v) is 6.74. The van der Waals surface area contributed by atoms with Crippen molar-refractivity contribution in [2.75, 3.05) is 6.54 Å². The molecule has 2 aliphatic heterocycles. The molecule has 1 N–H and O–H groups in total. The Balaban J connectivity index is 1.80. The number of amides is 4. The first-order valence-corrected chi connectivity index (χ1v) is 9.03. The number of hydrogen-bond donors (Lipinski definition) is 1. The van der Waals surface area contributed by atoms with Gasteiger partial charge in [0.2, 0.25) is 5.91 Å². The van der Waals surface area contributed by atoms with Gasteiger partial charge in [-0.2, -0.15) is 0 Å². The van der Waals surface area contributed by atoms with Gasteiger partial charge in [-0.3, -0.25) is 14.5 Å². The molecule has 2 heterocycles. The van der Waals surface area contributed by atoms with Crippen molar-refractivity contribution in [2.45, 2.75) is 51.7 Å². The van der Waals surface area contributed by atoms with E-state index in [1.807, 2.05) is 44.2 Å². The molecule has 6 nitrogen and oxygen atoms in total. The Hall–Kier alpha value is -2.37. The minimum Gasteiger partial charge on any atom is -0.332 e. The van der Waals surface area contributed by atoms with Gasteiger partial charge in [0, 0.05) is 12.5 Å². The van der Waals surface area contributed by atoms with Crippen LogP contribution in [0.25, 0.3) is 0 Å². The summed E-state index contributed by atoms with van der Waals surface area (Å²) in [6.45, 7) is 4.73. The molecule has 2 unspecified atom stereocenters. The fourth-order valence-electron chi connectivity index (χ4n) is 3.78. The zero-order valence-electron chi connectivity index (χ0n) is 14.8. The third kappa shape index (κ3) is 3.25. The molecule has 3 rings (SSSR count). The maximum atomic E-state index is 13.0. The van der Waals surface area contributed by atoms with Crippen LogP contribution < -0.4 is 5.32 Å². The third-order valence-electron chi connectivity index (χ3n) is 5.27. The summed E-state index contributed by atoms with van der Waals surface area (Å²) in [5.74, 6) is -0.303. The Kier molecular flexibility index (Phi) is 5.06. The molecule has 2 atom stereocenters. The minimum absolute atomic E-state index is 0.0293. The first-order chi connectivity index (χ1) is 12.1. The zero-order valence-corrected chi connectivity index (χ0v) is 14.8. The van der Waals surface area contributed by atoms with Crippen molar-refractivity contribution < 1.29 is 14.4 Å². The molecule has 0 aliphatic carbocycles. The van der Waals surface area contributed by atoms with E-state index in [1.54, 1.807) is 4.90 Å². The Labute approximate surface area is 148 Å². The van der Waals surface area contributed by atoms with Crippen molar-refractivity contribution in [3.05, 3.63) is 35.9 Å². The standard InChI is InChI=1S/C19H25N3O3/c1-3-14(4-2)17(23)21-11-10-15-16(21)18(24)22(19(25)20-15)12-13-8-6-5-7-9-13/h5-9,14-16H,3-4,10-12H2,1-2H3,(H,20,25). The van der Waals surface area contributed by atoms with Crippen molar-refractivity contribution in [3.63, 3.8) is 0 Å². The van der Waals surface area contributed by atoms with Crippen molar-refractivity contribution in [2.24, 2.45) is 5.92 Å². The van der Waals surface area contributed by atoms with E-state index in [0.717, 1.165) is 18.4 Å². The molecular formula is C19H25N3O3. The van der Waals surface area contributed by atoms with E-state index < -0.39 is 6.04 Å². The fraction of sp³-hybridized carbons (Fsp3) is 0.526. The van der Waals surface area contributed by atoms with E-state index in [4.69, 9.17) is 0 Å². The first-order valence-electron chi connectivity index (χ1n) is 9.03. The van der Waals surface area contributed by atoms with E-state index >= 15 is 0 Å². The van der Waals surface area contributed by atoms with Gasteiger partial charge in [0.1, 0.15) is 6.04 Å². The van der Waals surface area contributed by atoms with E-state index in [0.29, 0.717) is 13.0 Å². The SMILES string of the molecule is CCC(CC)C(=O)N1CCC2NC(=O)N(Cc3ccccc3)C(=O)C21. The normalized spacial score (nSPS) is 23.0. The molecule has 0 radical (unpaired) electrons. The smallest absolute Gasteiger partial charge is 0.324 e. The highest BCUT2D eigenvalue weighted by atomic mass is 16.2. The summed E-state index contributed by atoms with van der Waals surface area (Å²) in [5, 5.41) is 2.91. The van der Waals surface area contributed by atoms with Gasteiger partial charge in [-0.05, 0) is 24.8 Å². The highest BCUT2D eigenvalue weighted by molar-refractivity contribution is 6.02. The van der Waals surface area contributed by atoms with Gasteiger partial charge in [-0.25, -0.2) is 4.79 Å². The highest BCUT2D eigenvalue weighted by Gasteiger charge is 2.49. The number of hydrogen-bond acceptors (Lipinski definition) is 3. The summed E-state index contributed by atoms with van der Waals surface area (Å²) in [7, 11) is 0. The van der Waals surface area contributed by atoms with Crippen LogP contribution in [0, 0.1) is 5.92 Å². The minimum atomic E-state index is -0.575. The van der Waals surface area contributed by atoms with Crippen LogP contribution >= 0.6 is 0 Å². The Morgan fingerprint density at radius 3 is 2.52 bits per heavy atom. The number of likely N-dealkylation sites (tertiary alicyclic amines) is 1. The Morgan fingerprint density at radius 1 is 1.20 bits per heavy atom. The molecular weight excluding hydrogens is 318 g/mol. The second-order valence-electron chi connectivity index (χ2n) is 6.74. The second kappa shape index (κ2) is 7.25. The molecule has 25 heavy (non-hydrogen) atoms. The van der Waals surface area contributed by atoms with E-state index in [2.05, 4.69) is 5.32 Å². The number of imide groups is 1. The quantitative estimate of drug-likeness (QED) is 0.890. The van der Waals surface area contributed by atoms with Crippen LogP contribution in [-0.2, 0) is 16.1 Å². The highest BCUT2D eigenvalue weighted by Crippen LogP contribution is 2.27. The van der Waals surface area contributed by atoms with Gasteiger partial charge in [0.15, 0.2) is 0 Å². The molecule has 0 spiro atoms. The summed E-state index contributed by atoms with van der Waals surface area (Å²) in [4.78, 5) is 41.1. The molecule has 1 aromatic rings. The number of urea groups is 1. The van der Waals surface area contributed by atoms with Gasteiger partial charge in [-0.15, -0.1) is 0 Å². The lowest BCUT2D eigenvalue weighted by Gasteiger charge is -2.37. The molecule has 1 aromatic carbocycles. The van der Waals surface area contributed by atoms with Crippen molar-refractivity contribution >= 4 is 17.8 Å². The van der Waals surface area contributed by atoms with Gasteiger partial charge >= 0.3 is 6.03 Å². The first kappa shape index (κ1) is 17.5. The maximum Gasteiger partial charge on any atom is 0.324 e. The van der Waals surface area contributed by atoms with Crippen molar-refractivity contribution in [1.29, 1.82) is 0 Å². The summed E-state index contributed by atoms with van der Waals surface area (Å²) in [5.41, 5.74) is 0.889. The lowest BCUT2D eigenvalue weighted by Crippen LogP contribution is -2.64. The van der Waals surface area contributed by atoms with E-state index in [9.17, 15) is 14.4 Å². The molecule has 2 aliphatic rings. The maximum absolute atomic E-state index is 13.0. The average molecular weight is 343 g/mol. The molecule has 2 saturated heterocycles. The monoisotopic (exact) mass is 343 g/mol. The van der Waals surface area contributed by atoms with Crippen LogP contribution in [0.15, 0.2) is 30.3 Å². The lowest BCUT2D eigenvalue weighted by molar-refractivity contribution is -0.146. The predicted molar refractivity (Wildman–Crippen MR) is 93.5 cm³/mol. The Bertz CT molecular complexity index is 657. The third-order valence-corrected chi connectivity index (χ3v) is 5.27. The molecule has 6 heteroatoms. The fourth-order valence-corrected chi connectivity index (χ4v) is 3.78. The summed E-state index contributed by atoms with van der Waals surface area (Å²) in [6, 6.07) is 8.20. The zero-order chi connectivity index (χ0) is 18.0. The molecule has 0 saturated carbocycles. The number of fused-ring (bicyclic) bond motifs is 1. The number of rotatable bonds is 5.